The van der Waals surface area contributed by atoms with E-state index in [2.05, 4.69) is 4.65 Å². The van der Waals surface area contributed by atoms with Crippen LogP contribution >= 0.6 is 0 Å². The topological polar surface area (TPSA) is 63.6 Å². The van der Waals surface area contributed by atoms with E-state index >= 15 is 0 Å². The predicted molar refractivity (Wildman–Crippen MR) is 32.2 cm³/mol. The van der Waals surface area contributed by atoms with Gasteiger partial charge in [-0.05, 0) is 0 Å². The summed E-state index contributed by atoms with van der Waals surface area (Å²) in [5.41, 5.74) is 0. The average molecular weight is 298 g/mol. The van der Waals surface area contributed by atoms with Crippen LogP contribution in [0.15, 0.2) is 0 Å². The van der Waals surface area contributed by atoms with Gasteiger partial charge < -0.3 is 9.76 Å². The molecule has 0 aromatic carbocycles. The maximum absolute atomic E-state index is 9.69. The fourth-order valence-electron chi connectivity index (χ4n) is 0.0873. The van der Waals surface area contributed by atoms with E-state index in [0.29, 0.717) is 0 Å². The van der Waals surface area contributed by atoms with Crippen molar-refractivity contribution in [2.45, 2.75) is 0 Å². The van der Waals surface area contributed by atoms with Crippen LogP contribution in [0.5, 0.6) is 0 Å². The molecule has 0 aliphatic heterocycles. The monoisotopic (exact) mass is 296 g/mol. The predicted octanol–water partition coefficient (Wildman–Crippen LogP) is -3.03. The van der Waals surface area contributed by atoms with Gasteiger partial charge in [-0.2, -0.15) is 0 Å². The van der Waals surface area contributed by atoms with E-state index in [9.17, 15) is 9.59 Å². The van der Waals surface area contributed by atoms with Crippen LogP contribution in [0.3, 0.4) is 0 Å². The summed E-state index contributed by atoms with van der Waals surface area (Å²) in [5, 5.41) is 7.71. The quantitative estimate of drug-likeness (QED) is 0.382. The van der Waals surface area contributed by atoms with E-state index in [1.165, 1.54) is 0 Å². The number of carbonyl (C=O) groups excluding carboxylic acids is 1. The van der Waals surface area contributed by atoms with Gasteiger partial charge in [-0.15, -0.1) is 0 Å². The van der Waals surface area contributed by atoms with Gasteiger partial charge in [0.15, 0.2) is 0 Å². The molecule has 0 unspecified atom stereocenters. The Morgan fingerprint density at radius 2 is 1.60 bits per heavy atom. The minimum atomic E-state index is -1.57. The van der Waals surface area contributed by atoms with Gasteiger partial charge in [0.2, 0.25) is 0 Å². The summed E-state index contributed by atoms with van der Waals surface area (Å²) in [6, 6.07) is 0. The van der Waals surface area contributed by atoms with Gasteiger partial charge in [-0.25, -0.2) is 9.59 Å². The molecular formula is C2H6B2O4Zr2. The minimum absolute atomic E-state index is 0. The number of rotatable bonds is 0. The zero-order chi connectivity index (χ0) is 5.86. The van der Waals surface area contributed by atoms with Crippen LogP contribution < -0.4 is 0 Å². The molecular weight excluding hydrogens is 292 g/mol. The average Bonchev–Trinajstić information content (AvgIpc) is 1.65. The van der Waals surface area contributed by atoms with Crippen molar-refractivity contribution in [1.29, 1.82) is 0 Å². The number of carboxylic acids is 1. The standard InChI is InChI=1S/C2H3BO4.BH3.2Zr/c3-7-2(6)1(4)5;;;/h3H2,(H,4,5);1H3;;. The molecule has 52 valence electrons. The third-order valence-electron chi connectivity index (χ3n) is 0.360. The molecule has 4 nitrogen and oxygen atoms in total. The van der Waals surface area contributed by atoms with E-state index in [0.717, 1.165) is 8.05 Å². The molecule has 0 rings (SSSR count). The summed E-state index contributed by atoms with van der Waals surface area (Å²) in [5.74, 6) is -2.80. The molecule has 0 aromatic rings. The van der Waals surface area contributed by atoms with Crippen molar-refractivity contribution in [3.05, 3.63) is 0 Å². The van der Waals surface area contributed by atoms with E-state index in [-0.39, 0.29) is 60.8 Å². The Morgan fingerprint density at radius 3 is 1.60 bits per heavy atom. The van der Waals surface area contributed by atoms with Crippen molar-refractivity contribution in [3.8, 4) is 0 Å². The van der Waals surface area contributed by atoms with Crippen molar-refractivity contribution in [2.75, 3.05) is 0 Å². The molecule has 0 heterocycles. The van der Waals surface area contributed by atoms with Gasteiger partial charge >= 0.3 is 20.0 Å². The number of carbonyl (C=O) groups is 2. The summed E-state index contributed by atoms with van der Waals surface area (Å²) in [6.07, 6.45) is 0. The van der Waals surface area contributed by atoms with Crippen molar-refractivity contribution in [1.82, 2.24) is 0 Å². The Bertz CT molecular complexity index is 107. The van der Waals surface area contributed by atoms with Crippen molar-refractivity contribution in [2.24, 2.45) is 0 Å². The molecule has 0 spiro atoms. The third-order valence-corrected chi connectivity index (χ3v) is 0.360. The molecule has 8 heteroatoms. The second-order valence-electron chi connectivity index (χ2n) is 0.797. The van der Waals surface area contributed by atoms with Gasteiger partial charge in [0.1, 0.15) is 0 Å². The fourth-order valence-corrected chi connectivity index (χ4v) is 0.0873. The summed E-state index contributed by atoms with van der Waals surface area (Å²) >= 11 is 0. The maximum atomic E-state index is 9.69. The molecule has 0 bridgehead atoms. The minimum Gasteiger partial charge on any atom is -0.535 e. The first kappa shape index (κ1) is 22.4. The van der Waals surface area contributed by atoms with Gasteiger partial charge in [-0.3, -0.25) is 0 Å². The van der Waals surface area contributed by atoms with E-state index in [1.54, 1.807) is 0 Å². The van der Waals surface area contributed by atoms with Crippen LogP contribution in [0.25, 0.3) is 0 Å². The SMILES string of the molecule is B.BOC(=O)C(=O)O.[Zr].[Zr]. The second-order valence-corrected chi connectivity index (χ2v) is 0.797. The smallest absolute Gasteiger partial charge is 0.413 e. The largest absolute Gasteiger partial charge is 0.535 e. The molecule has 0 radical (unpaired) electrons. The molecule has 10 heavy (non-hydrogen) atoms. The molecule has 0 atom stereocenters. The first-order valence-electron chi connectivity index (χ1n) is 1.49. The van der Waals surface area contributed by atoms with Gasteiger partial charge in [-0.1, -0.05) is 0 Å². The molecule has 0 saturated carbocycles. The van der Waals surface area contributed by atoms with E-state index in [1.807, 2.05) is 0 Å². The number of aliphatic carboxylic acids is 1. The summed E-state index contributed by atoms with van der Waals surface area (Å²) in [6.45, 7) is 0. The Morgan fingerprint density at radius 1 is 1.30 bits per heavy atom. The Balaban J connectivity index is -0.0000000600. The van der Waals surface area contributed by atoms with Gasteiger partial charge in [0.05, 0.1) is 8.41 Å². The Hall–Kier alpha value is 0.836. The second kappa shape index (κ2) is 12.5. The maximum Gasteiger partial charge on any atom is 0.413 e. The number of hydrogen-bond donors (Lipinski definition) is 1. The Kier molecular flexibility index (Phi) is 28.1. The van der Waals surface area contributed by atoms with Crippen molar-refractivity contribution >= 4 is 28.4 Å². The molecule has 0 fully saturated rings. The number of hydrogen-bond acceptors (Lipinski definition) is 3. The van der Waals surface area contributed by atoms with Crippen molar-refractivity contribution in [3.63, 3.8) is 0 Å². The summed E-state index contributed by atoms with van der Waals surface area (Å²) < 4.78 is 3.77. The molecule has 0 amide bonds. The van der Waals surface area contributed by atoms with Gasteiger partial charge in [0.25, 0.3) is 0 Å². The van der Waals surface area contributed by atoms with Gasteiger partial charge in [0, 0.05) is 52.4 Å². The Labute approximate surface area is 99.3 Å². The number of carboxylic acid groups (broad SMARTS) is 1. The zero-order valence-electron chi connectivity index (χ0n) is 4.67. The fraction of sp³-hybridized carbons (Fsp3) is 0. The van der Waals surface area contributed by atoms with E-state index < -0.39 is 11.9 Å². The molecule has 0 saturated heterocycles. The van der Waals surface area contributed by atoms with Crippen LogP contribution in [-0.2, 0) is 66.7 Å². The molecule has 0 aromatic heterocycles. The first-order valence-corrected chi connectivity index (χ1v) is 1.49. The third kappa shape index (κ3) is 11.6. The molecule has 0 aliphatic carbocycles. The van der Waals surface area contributed by atoms with Crippen LogP contribution in [0.1, 0.15) is 0 Å². The normalized spacial score (nSPS) is 5.20. The summed E-state index contributed by atoms with van der Waals surface area (Å²) in [7, 11) is 1.01. The first-order chi connectivity index (χ1) is 3.18. The van der Waals surface area contributed by atoms with Crippen LogP contribution in [-0.4, -0.2) is 33.5 Å². The van der Waals surface area contributed by atoms with Crippen LogP contribution in [0.2, 0.25) is 0 Å². The molecule has 0 aliphatic rings. The van der Waals surface area contributed by atoms with E-state index in [4.69, 9.17) is 5.11 Å². The van der Waals surface area contributed by atoms with Crippen LogP contribution in [0.4, 0.5) is 0 Å². The zero-order valence-corrected chi connectivity index (χ0v) is 9.59. The summed E-state index contributed by atoms with van der Waals surface area (Å²) in [4.78, 5) is 19.1. The molecule has 1 N–H and O–H groups in total. The van der Waals surface area contributed by atoms with Crippen LogP contribution in [0, 0.1) is 0 Å². The van der Waals surface area contributed by atoms with Crippen molar-refractivity contribution < 1.29 is 71.8 Å².